The Kier molecular flexibility index (Phi) is 20.1. The summed E-state index contributed by atoms with van der Waals surface area (Å²) in [6.45, 7) is 14.6. The number of morpholine rings is 2. The van der Waals surface area contributed by atoms with Crippen LogP contribution in [0.4, 0.5) is 20.4 Å². The van der Waals surface area contributed by atoms with Gasteiger partial charge in [0.1, 0.15) is 39.9 Å². The molecule has 0 atom stereocenters. The number of hydrogen-bond acceptors (Lipinski definition) is 14. The van der Waals surface area contributed by atoms with Gasteiger partial charge < -0.3 is 38.8 Å². The summed E-state index contributed by atoms with van der Waals surface area (Å²) in [4.78, 5) is 22.8. The minimum atomic E-state index is -0.960. The number of phenolic OH excluding ortho intramolecular Hbond substituents is 1. The number of phenols is 1. The van der Waals surface area contributed by atoms with Crippen LogP contribution in [0.15, 0.2) is 243 Å². The molecule has 4 aromatic heterocycles. The number of carboxylic acid groups (broad SMARTS) is 1. The molecular weight excluding hydrogens is 1240 g/mol. The molecule has 12 aromatic rings. The van der Waals surface area contributed by atoms with Crippen molar-refractivity contribution in [1.82, 2.24) is 29.5 Å². The summed E-state index contributed by atoms with van der Waals surface area (Å²) in [5.74, 6) is -0.708. The molecule has 20 heteroatoms. The van der Waals surface area contributed by atoms with Crippen molar-refractivity contribution in [3.05, 3.63) is 288 Å². The molecular formula is C78H75BF2N8O9. The van der Waals surface area contributed by atoms with E-state index < -0.39 is 52.8 Å². The lowest BCUT2D eigenvalue weighted by atomic mass is 9.76. The number of ether oxygens (including phenoxy) is 2. The first kappa shape index (κ1) is 67.5. The van der Waals surface area contributed by atoms with Gasteiger partial charge in [-0.05, 0) is 104 Å². The van der Waals surface area contributed by atoms with Gasteiger partial charge in [0.05, 0.1) is 48.7 Å². The number of halogens is 2. The summed E-state index contributed by atoms with van der Waals surface area (Å²) in [7, 11) is -0.885. The molecule has 4 N–H and O–H groups in total. The van der Waals surface area contributed by atoms with E-state index in [1.807, 2.05) is 177 Å². The Morgan fingerprint density at radius 3 is 1.10 bits per heavy atom. The molecule has 0 radical (unpaired) electrons. The maximum atomic E-state index is 16.7. The van der Waals surface area contributed by atoms with Gasteiger partial charge in [-0.15, -0.1) is 0 Å². The number of anilines is 2. The molecule has 17 nitrogen and oxygen atoms in total. The van der Waals surface area contributed by atoms with Crippen molar-refractivity contribution in [1.29, 1.82) is 0 Å². The predicted octanol–water partition coefficient (Wildman–Crippen LogP) is 13.9. The van der Waals surface area contributed by atoms with E-state index in [2.05, 4.69) is 93.6 Å². The second-order valence-electron chi connectivity index (χ2n) is 25.0. The maximum absolute atomic E-state index is 16.7. The zero-order valence-electron chi connectivity index (χ0n) is 55.0. The number of carbonyl (C=O) groups is 1. The number of aromatic nitrogens is 6. The van der Waals surface area contributed by atoms with Crippen LogP contribution in [0.2, 0.25) is 0 Å². The van der Waals surface area contributed by atoms with Crippen LogP contribution in [0.3, 0.4) is 0 Å². The first-order valence-corrected chi connectivity index (χ1v) is 32.4. The fourth-order valence-corrected chi connectivity index (χ4v) is 13.2. The molecule has 0 amide bonds. The van der Waals surface area contributed by atoms with Gasteiger partial charge in [-0.3, -0.25) is 15.3 Å². The number of rotatable bonds is 13. The highest BCUT2D eigenvalue weighted by Gasteiger charge is 2.53. The molecule has 0 bridgehead atoms. The van der Waals surface area contributed by atoms with Crippen molar-refractivity contribution in [2.45, 2.75) is 56.9 Å². The van der Waals surface area contributed by atoms with Gasteiger partial charge in [-0.25, -0.2) is 28.1 Å². The van der Waals surface area contributed by atoms with Gasteiger partial charge in [0.2, 0.25) is 0 Å². The maximum Gasteiger partial charge on any atom is 0.497 e. The van der Waals surface area contributed by atoms with Gasteiger partial charge in [0.25, 0.3) is 5.97 Å². The van der Waals surface area contributed by atoms with Crippen LogP contribution in [0.25, 0.3) is 44.3 Å². The van der Waals surface area contributed by atoms with E-state index in [9.17, 15) is 5.11 Å². The van der Waals surface area contributed by atoms with E-state index in [1.165, 1.54) is 12.1 Å². The van der Waals surface area contributed by atoms with Crippen LogP contribution in [-0.4, -0.2) is 127 Å². The van der Waals surface area contributed by atoms with Crippen LogP contribution < -0.4 is 15.3 Å². The first-order chi connectivity index (χ1) is 47.6. The van der Waals surface area contributed by atoms with Crippen molar-refractivity contribution < 1.29 is 53.1 Å². The van der Waals surface area contributed by atoms with Crippen molar-refractivity contribution in [2.75, 3.05) is 62.4 Å². The number of nitrogens with zero attached hydrogens (tertiary/aromatic N) is 8. The largest absolute Gasteiger partial charge is 0.505 e. The smallest absolute Gasteiger partial charge is 0.497 e. The molecule has 3 saturated heterocycles. The zero-order valence-corrected chi connectivity index (χ0v) is 55.0. The molecule has 0 aliphatic carbocycles. The van der Waals surface area contributed by atoms with Crippen LogP contribution >= 0.6 is 0 Å². The Morgan fingerprint density at radius 1 is 0.469 bits per heavy atom. The van der Waals surface area contributed by atoms with Crippen molar-refractivity contribution in [3.63, 3.8) is 0 Å². The Labute approximate surface area is 567 Å². The fourth-order valence-electron chi connectivity index (χ4n) is 13.2. The number of aliphatic carboxylic acids is 1. The number of hydrogen-bond donors (Lipinski definition) is 4. The second-order valence-corrected chi connectivity index (χ2v) is 25.0. The number of pyridine rings is 2. The molecule has 0 spiro atoms. The monoisotopic (exact) mass is 1320 g/mol. The highest BCUT2D eigenvalue weighted by molar-refractivity contribution is 6.62. The normalized spacial score (nSPS) is 15.1. The van der Waals surface area contributed by atoms with Crippen LogP contribution in [0, 0.1) is 11.6 Å². The van der Waals surface area contributed by atoms with Crippen LogP contribution in [0.1, 0.15) is 68.0 Å². The van der Waals surface area contributed by atoms with Crippen molar-refractivity contribution in [3.8, 4) is 28.3 Å². The van der Waals surface area contributed by atoms with E-state index >= 15 is 8.78 Å². The molecule has 98 heavy (non-hydrogen) atoms. The molecule has 15 rings (SSSR count). The molecule has 3 fully saturated rings. The lowest BCUT2D eigenvalue weighted by Crippen LogP contribution is -2.41. The molecule has 8 aromatic carbocycles. The Balaban J connectivity index is 0.000000175. The molecule has 0 unspecified atom stereocenters. The standard InChI is InChI=1S/C41H40BFN4O3.C35H29FN4O2.C2H4O2.H2O2/c1-39(2)40(3,4)50-42(49-39)34-27-33-36(28-35(34)43)47(45-38(33)29-20-21-44-37(26-29)46-22-24-48-25-23-46)41(30-14-8-5-9-15-30,31-16-10-6-11-17-31)32-18-12-7-13-19-32;36-30-24-31-29(23-32(30)41)34(25-16-17-37-33(22-25)39-18-20-42-21-19-39)38-40(31)35(26-10-4-1-5-11-26,27-12-6-2-7-13-27)28-14-8-3-9-15-28;1-2(3)4;1-2/h5-21,26-28H,22-25H2,1-4H3;1-17,22-24,41H,18-21H2;1H3,(H,3,4);1-2H. The van der Waals surface area contributed by atoms with E-state index in [0.29, 0.717) is 59.7 Å². The lowest BCUT2D eigenvalue weighted by Gasteiger charge is -2.37. The molecule has 7 heterocycles. The Bertz CT molecular complexity index is 4470. The third kappa shape index (κ3) is 13.0. The average molecular weight is 1320 g/mol. The summed E-state index contributed by atoms with van der Waals surface area (Å²) in [6, 6.07) is 75.7. The number of fused-ring (bicyclic) bond motifs is 2. The van der Waals surface area contributed by atoms with E-state index in [0.717, 1.165) is 94.6 Å². The van der Waals surface area contributed by atoms with Gasteiger partial charge >= 0.3 is 7.12 Å². The second kappa shape index (κ2) is 29.1. The van der Waals surface area contributed by atoms with Crippen LogP contribution in [0.5, 0.6) is 5.75 Å². The first-order valence-electron chi connectivity index (χ1n) is 32.4. The summed E-state index contributed by atoms with van der Waals surface area (Å²) >= 11 is 0. The SMILES string of the molecule is CC(=O)O.CC1(C)OB(c2cc3c(-c4ccnc(N5CCOCC5)c4)nn(C(c4ccccc4)(c4ccccc4)c4ccccc4)c3cc2F)OC1(C)C.OO.Oc1cc2c(-c3ccnc(N4CCOCC4)c3)nn(C(c3ccccc3)(c3ccccc3)c3ccccc3)c2cc1F. The van der Waals surface area contributed by atoms with E-state index in [-0.39, 0.29) is 0 Å². The molecule has 0 saturated carbocycles. The third-order valence-corrected chi connectivity index (χ3v) is 18.5. The van der Waals surface area contributed by atoms with Crippen molar-refractivity contribution >= 4 is 52.0 Å². The summed E-state index contributed by atoms with van der Waals surface area (Å²) < 4.78 is 59.8. The lowest BCUT2D eigenvalue weighted by molar-refractivity contribution is -0.176. The minimum Gasteiger partial charge on any atom is -0.505 e. The predicted molar refractivity (Wildman–Crippen MR) is 377 cm³/mol. The number of carboxylic acids is 1. The zero-order chi connectivity index (χ0) is 68.6. The van der Waals surface area contributed by atoms with Gasteiger partial charge in [-0.1, -0.05) is 182 Å². The van der Waals surface area contributed by atoms with E-state index in [1.54, 1.807) is 12.3 Å². The number of aromatic hydroxyl groups is 1. The van der Waals surface area contributed by atoms with Crippen LogP contribution in [-0.2, 0) is 34.7 Å². The van der Waals surface area contributed by atoms with Gasteiger partial charge in [-0.2, -0.15) is 10.2 Å². The van der Waals surface area contributed by atoms with Crippen molar-refractivity contribution in [2.24, 2.45) is 0 Å². The highest BCUT2D eigenvalue weighted by atomic mass is 19.1. The molecule has 3 aliphatic rings. The topological polar surface area (TPSA) is 203 Å². The Morgan fingerprint density at radius 2 is 0.776 bits per heavy atom. The fraction of sp³-hybridized carbons (Fsp3) is 0.218. The molecule has 3 aliphatic heterocycles. The minimum absolute atomic E-state index is 0.337. The summed E-state index contributed by atoms with van der Waals surface area (Å²) in [5.41, 5.74) is 7.28. The molecule has 498 valence electrons. The summed E-state index contributed by atoms with van der Waals surface area (Å²) in [5, 5.41) is 42.2. The Hall–Kier alpha value is -10.4. The van der Waals surface area contributed by atoms with E-state index in [4.69, 9.17) is 54.4 Å². The third-order valence-electron chi connectivity index (χ3n) is 18.5. The van der Waals surface area contributed by atoms with Gasteiger partial charge in [0.15, 0.2) is 11.6 Å². The number of benzene rings is 8. The summed E-state index contributed by atoms with van der Waals surface area (Å²) in [6.07, 6.45) is 3.59. The highest BCUT2D eigenvalue weighted by Crippen LogP contribution is 2.47. The quantitative estimate of drug-likeness (QED) is 0.0367. The van der Waals surface area contributed by atoms with Gasteiger partial charge in [0, 0.05) is 78.9 Å². The average Bonchev–Trinajstić information content (AvgIpc) is 1.47.